The van der Waals surface area contributed by atoms with Gasteiger partial charge in [0.1, 0.15) is 5.78 Å². The van der Waals surface area contributed by atoms with Crippen LogP contribution < -0.4 is 0 Å². The standard InChI is InChI=1S/C35H56O4/c1-10-26(2)24-32(25-36)20-19-30(6)22-28(4)16-11-14-27(3)15-12-17-29(5)23-31(7)34(39)35(8,9)21-13-18-33(37)38/h12,14,17,19-20,22,24,29,31,36H,10-11,13,15-16,18,21,23,25H2,1-9H3,(H,37,38)/b17-12+,26-24+,27-14-,28-22+,30-19+,32-20+. The molecule has 0 bridgehead atoms. The van der Waals surface area contributed by atoms with E-state index in [1.807, 2.05) is 26.8 Å². The number of rotatable bonds is 19. The molecule has 0 aliphatic carbocycles. The number of ketones is 1. The molecule has 0 radical (unpaired) electrons. The van der Waals surface area contributed by atoms with Crippen LogP contribution in [0.25, 0.3) is 0 Å². The highest BCUT2D eigenvalue weighted by molar-refractivity contribution is 5.86. The lowest BCUT2D eigenvalue weighted by molar-refractivity contribution is -0.138. The van der Waals surface area contributed by atoms with Gasteiger partial charge in [0, 0.05) is 17.8 Å². The first kappa shape index (κ1) is 36.5. The van der Waals surface area contributed by atoms with Gasteiger partial charge in [-0.25, -0.2) is 0 Å². The Bertz CT molecular complexity index is 953. The number of carboxylic acid groups (broad SMARTS) is 1. The molecular weight excluding hydrogens is 484 g/mol. The molecule has 4 heteroatoms. The van der Waals surface area contributed by atoms with Crippen molar-refractivity contribution in [3.8, 4) is 0 Å². The molecule has 0 spiro atoms. The van der Waals surface area contributed by atoms with Crippen LogP contribution in [0.2, 0.25) is 0 Å². The fourth-order valence-corrected chi connectivity index (χ4v) is 4.64. The molecule has 220 valence electrons. The fourth-order valence-electron chi connectivity index (χ4n) is 4.64. The molecule has 39 heavy (non-hydrogen) atoms. The smallest absolute Gasteiger partial charge is 0.303 e. The maximum Gasteiger partial charge on any atom is 0.303 e. The largest absolute Gasteiger partial charge is 0.481 e. The number of aliphatic hydroxyl groups excluding tert-OH is 1. The Kier molecular flexibility index (Phi) is 18.3. The Balaban J connectivity index is 4.71. The van der Waals surface area contributed by atoms with Crippen LogP contribution in [0.15, 0.2) is 70.4 Å². The number of Topliss-reactive ketones (excluding diaryl/α,β-unsaturated/α-hetero) is 1. The molecule has 0 aromatic heterocycles. The summed E-state index contributed by atoms with van der Waals surface area (Å²) >= 11 is 0. The highest BCUT2D eigenvalue weighted by atomic mass is 16.4. The average Bonchev–Trinajstić information content (AvgIpc) is 2.85. The zero-order valence-electron chi connectivity index (χ0n) is 26.3. The van der Waals surface area contributed by atoms with Crippen LogP contribution in [-0.4, -0.2) is 28.6 Å². The van der Waals surface area contributed by atoms with E-state index in [0.29, 0.717) is 18.8 Å². The SMILES string of the molecule is CC/C(C)=C/C(=C\C=C(C)\C=C(/C)CC/C=C(/C)C/C=C/C(C)CC(C)C(=O)C(C)(C)CCCC(=O)O)CO. The van der Waals surface area contributed by atoms with Crippen molar-refractivity contribution >= 4 is 11.8 Å². The van der Waals surface area contributed by atoms with Gasteiger partial charge < -0.3 is 10.2 Å². The summed E-state index contributed by atoms with van der Waals surface area (Å²) in [6.45, 7) is 18.7. The summed E-state index contributed by atoms with van der Waals surface area (Å²) in [4.78, 5) is 23.7. The lowest BCUT2D eigenvalue weighted by Crippen LogP contribution is -2.30. The number of carbonyl (C=O) groups excluding carboxylic acids is 1. The van der Waals surface area contributed by atoms with Crippen LogP contribution >= 0.6 is 0 Å². The third kappa shape index (κ3) is 17.7. The van der Waals surface area contributed by atoms with Gasteiger partial charge in [0.25, 0.3) is 0 Å². The minimum absolute atomic E-state index is 0.0453. The van der Waals surface area contributed by atoms with Crippen molar-refractivity contribution in [1.29, 1.82) is 0 Å². The van der Waals surface area contributed by atoms with Gasteiger partial charge in [0.05, 0.1) is 6.61 Å². The molecule has 0 heterocycles. The van der Waals surface area contributed by atoms with E-state index in [1.54, 1.807) is 0 Å². The number of carbonyl (C=O) groups is 2. The Morgan fingerprint density at radius 3 is 2.18 bits per heavy atom. The van der Waals surface area contributed by atoms with Gasteiger partial charge in [-0.2, -0.15) is 0 Å². The summed E-state index contributed by atoms with van der Waals surface area (Å²) < 4.78 is 0. The number of hydrogen-bond donors (Lipinski definition) is 2. The van der Waals surface area contributed by atoms with Gasteiger partial charge in [-0.1, -0.05) is 99.4 Å². The lowest BCUT2D eigenvalue weighted by Gasteiger charge is -2.27. The van der Waals surface area contributed by atoms with E-state index in [0.717, 1.165) is 37.7 Å². The molecule has 0 fully saturated rings. The molecular formula is C35H56O4. The van der Waals surface area contributed by atoms with E-state index < -0.39 is 11.4 Å². The highest BCUT2D eigenvalue weighted by Crippen LogP contribution is 2.30. The van der Waals surface area contributed by atoms with Crippen LogP contribution in [0.5, 0.6) is 0 Å². The van der Waals surface area contributed by atoms with Crippen molar-refractivity contribution in [2.45, 2.75) is 114 Å². The van der Waals surface area contributed by atoms with E-state index in [2.05, 4.69) is 78.0 Å². The zero-order valence-corrected chi connectivity index (χ0v) is 26.3. The van der Waals surface area contributed by atoms with Gasteiger partial charge in [-0.15, -0.1) is 0 Å². The second-order valence-electron chi connectivity index (χ2n) is 12.0. The van der Waals surface area contributed by atoms with Gasteiger partial charge >= 0.3 is 5.97 Å². The third-order valence-corrected chi connectivity index (χ3v) is 7.17. The Labute approximate surface area is 239 Å². The summed E-state index contributed by atoms with van der Waals surface area (Å²) in [5.74, 6) is -0.309. The van der Waals surface area contributed by atoms with E-state index in [-0.39, 0.29) is 24.7 Å². The Morgan fingerprint density at radius 2 is 1.59 bits per heavy atom. The quantitative estimate of drug-likeness (QED) is 0.126. The van der Waals surface area contributed by atoms with Crippen molar-refractivity contribution in [2.75, 3.05) is 6.61 Å². The number of allylic oxidation sites excluding steroid dienone is 10. The number of hydrogen-bond acceptors (Lipinski definition) is 3. The van der Waals surface area contributed by atoms with Crippen LogP contribution in [-0.2, 0) is 9.59 Å². The van der Waals surface area contributed by atoms with Gasteiger partial charge in [-0.05, 0) is 84.1 Å². The van der Waals surface area contributed by atoms with E-state index in [9.17, 15) is 14.7 Å². The zero-order chi connectivity index (χ0) is 30.0. The summed E-state index contributed by atoms with van der Waals surface area (Å²) in [6.07, 6.45) is 21.0. The fraction of sp³-hybridized carbons (Fsp3) is 0.600. The summed E-state index contributed by atoms with van der Waals surface area (Å²) in [5, 5.41) is 18.4. The molecule has 0 aliphatic heterocycles. The second kappa shape index (κ2) is 19.6. The minimum Gasteiger partial charge on any atom is -0.481 e. The molecule has 0 saturated carbocycles. The van der Waals surface area contributed by atoms with E-state index in [1.165, 1.54) is 22.3 Å². The molecule has 0 saturated heterocycles. The Hall–Kier alpha value is -2.46. The molecule has 0 aromatic carbocycles. The normalized spacial score (nSPS) is 16.1. The highest BCUT2D eigenvalue weighted by Gasteiger charge is 2.31. The maximum atomic E-state index is 12.9. The summed E-state index contributed by atoms with van der Waals surface area (Å²) in [6, 6.07) is 0. The van der Waals surface area contributed by atoms with Crippen molar-refractivity contribution < 1.29 is 19.8 Å². The van der Waals surface area contributed by atoms with Crippen LogP contribution in [0.3, 0.4) is 0 Å². The molecule has 4 nitrogen and oxygen atoms in total. The van der Waals surface area contributed by atoms with Crippen LogP contribution in [0.4, 0.5) is 0 Å². The van der Waals surface area contributed by atoms with E-state index in [4.69, 9.17) is 5.11 Å². The van der Waals surface area contributed by atoms with Gasteiger partial charge in [0.2, 0.25) is 0 Å². The first-order valence-corrected chi connectivity index (χ1v) is 14.6. The monoisotopic (exact) mass is 540 g/mol. The number of aliphatic carboxylic acids is 1. The summed E-state index contributed by atoms with van der Waals surface area (Å²) in [7, 11) is 0. The maximum absolute atomic E-state index is 12.9. The first-order chi connectivity index (χ1) is 18.2. The molecule has 2 atom stereocenters. The van der Waals surface area contributed by atoms with E-state index >= 15 is 0 Å². The van der Waals surface area contributed by atoms with Crippen molar-refractivity contribution in [1.82, 2.24) is 0 Å². The second-order valence-corrected chi connectivity index (χ2v) is 12.0. The molecule has 0 rings (SSSR count). The predicted octanol–water partition coefficient (Wildman–Crippen LogP) is 9.34. The number of aliphatic hydroxyl groups is 1. The van der Waals surface area contributed by atoms with Gasteiger partial charge in [0.15, 0.2) is 0 Å². The Morgan fingerprint density at radius 1 is 0.923 bits per heavy atom. The van der Waals surface area contributed by atoms with Crippen molar-refractivity contribution in [3.05, 3.63) is 70.4 Å². The predicted molar refractivity (Wildman–Crippen MR) is 167 cm³/mol. The molecule has 2 unspecified atom stereocenters. The molecule has 0 aromatic rings. The van der Waals surface area contributed by atoms with Gasteiger partial charge in [-0.3, -0.25) is 9.59 Å². The van der Waals surface area contributed by atoms with Crippen LogP contribution in [0, 0.1) is 17.3 Å². The molecule has 2 N–H and O–H groups in total. The molecule has 0 aliphatic rings. The van der Waals surface area contributed by atoms with Crippen LogP contribution in [0.1, 0.15) is 114 Å². The average molecular weight is 541 g/mol. The topological polar surface area (TPSA) is 74.6 Å². The summed E-state index contributed by atoms with van der Waals surface area (Å²) in [5.41, 5.74) is 5.56. The van der Waals surface area contributed by atoms with Crippen molar-refractivity contribution in [3.63, 3.8) is 0 Å². The lowest BCUT2D eigenvalue weighted by atomic mass is 9.76. The molecule has 0 amide bonds. The first-order valence-electron chi connectivity index (χ1n) is 14.6. The minimum atomic E-state index is -0.805. The van der Waals surface area contributed by atoms with Crippen molar-refractivity contribution in [2.24, 2.45) is 17.3 Å². The number of carboxylic acids is 1. The third-order valence-electron chi connectivity index (χ3n) is 7.17.